The van der Waals surface area contributed by atoms with Gasteiger partial charge in [-0.15, -0.1) is 0 Å². The molecule has 0 amide bonds. The first-order valence-electron chi connectivity index (χ1n) is 7.00. The number of benzene rings is 2. The smallest absolute Gasteiger partial charge is 0.208 e. The summed E-state index contributed by atoms with van der Waals surface area (Å²) < 4.78 is 25.7. The highest BCUT2D eigenvalue weighted by molar-refractivity contribution is 7.91. The molecule has 4 rings (SSSR count). The Hall–Kier alpha value is -2.18. The predicted octanol–water partition coefficient (Wildman–Crippen LogP) is 2.07. The summed E-state index contributed by atoms with van der Waals surface area (Å²) in [5.41, 5.74) is 0.950. The Kier molecular flexibility index (Phi) is 3.08. The molecule has 0 aliphatic carbocycles. The molecule has 0 atom stereocenters. The molecule has 2 aromatic rings. The minimum Gasteiger partial charge on any atom is -0.368 e. The third-order valence-corrected chi connectivity index (χ3v) is 6.03. The Bertz CT molecular complexity index is 996. The minimum atomic E-state index is -3.77. The van der Waals surface area contributed by atoms with Crippen LogP contribution < -0.4 is 5.32 Å². The number of carbonyl (C=O) groups is 1. The molecule has 0 aromatic heterocycles. The van der Waals surface area contributed by atoms with Gasteiger partial charge in [-0.1, -0.05) is 17.7 Å². The molecule has 7 heteroatoms. The molecule has 0 saturated carbocycles. The molecule has 0 bridgehead atoms. The summed E-state index contributed by atoms with van der Waals surface area (Å²) in [5.74, 6) is 0.317. The van der Waals surface area contributed by atoms with Gasteiger partial charge in [-0.25, -0.2) is 8.42 Å². The van der Waals surface area contributed by atoms with E-state index in [9.17, 15) is 13.2 Å². The Morgan fingerprint density at radius 2 is 1.87 bits per heavy atom. The molecule has 2 aliphatic heterocycles. The lowest BCUT2D eigenvalue weighted by atomic mass is 10.0. The fourth-order valence-electron chi connectivity index (χ4n) is 2.85. The van der Waals surface area contributed by atoms with E-state index in [2.05, 4.69) is 10.3 Å². The van der Waals surface area contributed by atoms with Gasteiger partial charge in [0.05, 0.1) is 16.3 Å². The van der Waals surface area contributed by atoms with Crippen LogP contribution in [0.4, 0.5) is 0 Å². The SMILES string of the molecule is O=C1c2cc(Cl)ccc2S(=O)(=O)c2cc(C3=NCCN3)ccc21. The van der Waals surface area contributed by atoms with Crippen LogP contribution in [-0.4, -0.2) is 33.1 Å². The number of sulfone groups is 1. The Labute approximate surface area is 137 Å². The Morgan fingerprint density at radius 3 is 2.61 bits per heavy atom. The van der Waals surface area contributed by atoms with Crippen molar-refractivity contribution >= 4 is 33.1 Å². The van der Waals surface area contributed by atoms with Crippen LogP contribution in [-0.2, 0) is 9.84 Å². The van der Waals surface area contributed by atoms with Crippen molar-refractivity contribution in [1.29, 1.82) is 0 Å². The standard InChI is InChI=1S/C16H11ClN2O3S/c17-10-2-4-13-12(8-10)15(20)11-3-1-9(16-18-5-6-19-16)7-14(11)23(13,21)22/h1-4,7-8H,5-6H2,(H,18,19). The summed E-state index contributed by atoms with van der Waals surface area (Å²) in [6.07, 6.45) is 0. The second-order valence-corrected chi connectivity index (χ2v) is 7.66. The molecule has 2 aromatic carbocycles. The number of halogens is 1. The molecule has 0 fully saturated rings. The molecule has 0 spiro atoms. The summed E-state index contributed by atoms with van der Waals surface area (Å²) in [5, 5.41) is 3.43. The molecule has 5 nitrogen and oxygen atoms in total. The molecule has 2 heterocycles. The second-order valence-electron chi connectivity index (χ2n) is 5.34. The van der Waals surface area contributed by atoms with Gasteiger partial charge in [-0.2, -0.15) is 0 Å². The van der Waals surface area contributed by atoms with Gasteiger partial charge < -0.3 is 5.32 Å². The van der Waals surface area contributed by atoms with Crippen LogP contribution in [0.5, 0.6) is 0 Å². The van der Waals surface area contributed by atoms with Crippen molar-refractivity contribution in [2.75, 3.05) is 13.1 Å². The van der Waals surface area contributed by atoms with Crippen molar-refractivity contribution in [2.24, 2.45) is 4.99 Å². The number of rotatable bonds is 1. The number of carbonyl (C=O) groups excluding carboxylic acids is 1. The first kappa shape index (κ1) is 14.4. The van der Waals surface area contributed by atoms with Crippen LogP contribution >= 0.6 is 11.6 Å². The average molecular weight is 347 g/mol. The molecule has 2 aliphatic rings. The maximum atomic E-state index is 12.9. The van der Waals surface area contributed by atoms with Crippen LogP contribution in [0.3, 0.4) is 0 Å². The van der Waals surface area contributed by atoms with Crippen LogP contribution in [0, 0.1) is 0 Å². The van der Waals surface area contributed by atoms with E-state index in [1.165, 1.54) is 30.3 Å². The van der Waals surface area contributed by atoms with Crippen molar-refractivity contribution in [3.8, 4) is 0 Å². The molecular formula is C16H11ClN2O3S. The van der Waals surface area contributed by atoms with Crippen molar-refractivity contribution in [1.82, 2.24) is 5.32 Å². The van der Waals surface area contributed by atoms with E-state index in [4.69, 9.17) is 11.6 Å². The lowest BCUT2D eigenvalue weighted by Crippen LogP contribution is -2.23. The minimum absolute atomic E-state index is 0.00197. The highest BCUT2D eigenvalue weighted by Gasteiger charge is 2.35. The number of hydrogen-bond acceptors (Lipinski definition) is 5. The van der Waals surface area contributed by atoms with E-state index in [0.29, 0.717) is 23.0 Å². The van der Waals surface area contributed by atoms with Crippen molar-refractivity contribution < 1.29 is 13.2 Å². The van der Waals surface area contributed by atoms with E-state index in [1.807, 2.05) is 0 Å². The molecule has 116 valence electrons. The highest BCUT2D eigenvalue weighted by Crippen LogP contribution is 2.36. The van der Waals surface area contributed by atoms with Crippen LogP contribution in [0.15, 0.2) is 51.2 Å². The molecule has 0 unspecified atom stereocenters. The molecule has 23 heavy (non-hydrogen) atoms. The average Bonchev–Trinajstić information content (AvgIpc) is 3.07. The molecular weight excluding hydrogens is 336 g/mol. The van der Waals surface area contributed by atoms with E-state index in [-0.39, 0.29) is 26.7 Å². The maximum absolute atomic E-state index is 12.9. The van der Waals surface area contributed by atoms with Crippen LogP contribution in [0.2, 0.25) is 5.02 Å². The highest BCUT2D eigenvalue weighted by atomic mass is 35.5. The first-order chi connectivity index (χ1) is 11.0. The fraction of sp³-hybridized carbons (Fsp3) is 0.125. The zero-order valence-electron chi connectivity index (χ0n) is 11.8. The number of fused-ring (bicyclic) bond motifs is 2. The Morgan fingerprint density at radius 1 is 1.04 bits per heavy atom. The van der Waals surface area contributed by atoms with Gasteiger partial charge in [0.15, 0.2) is 5.78 Å². The number of nitrogens with one attached hydrogen (secondary N) is 1. The van der Waals surface area contributed by atoms with Gasteiger partial charge in [0.2, 0.25) is 9.84 Å². The second kappa shape index (κ2) is 4.91. The quantitative estimate of drug-likeness (QED) is 0.732. The molecule has 0 saturated heterocycles. The maximum Gasteiger partial charge on any atom is 0.208 e. The third kappa shape index (κ3) is 2.09. The lowest BCUT2D eigenvalue weighted by Gasteiger charge is -2.19. The van der Waals surface area contributed by atoms with Gasteiger partial charge in [0.1, 0.15) is 5.84 Å². The lowest BCUT2D eigenvalue weighted by molar-refractivity contribution is 0.103. The number of aliphatic imine (C=N–C) groups is 1. The molecule has 1 N–H and O–H groups in total. The van der Waals surface area contributed by atoms with E-state index >= 15 is 0 Å². The number of hydrogen-bond donors (Lipinski definition) is 1. The van der Waals surface area contributed by atoms with Crippen molar-refractivity contribution in [2.45, 2.75) is 9.79 Å². The summed E-state index contributed by atoms with van der Waals surface area (Å²) in [4.78, 5) is 16.9. The summed E-state index contributed by atoms with van der Waals surface area (Å²) in [6.45, 7) is 1.37. The monoisotopic (exact) mass is 346 g/mol. The van der Waals surface area contributed by atoms with E-state index in [1.54, 1.807) is 6.07 Å². The normalized spacial score (nSPS) is 18.0. The van der Waals surface area contributed by atoms with Crippen molar-refractivity contribution in [3.63, 3.8) is 0 Å². The zero-order valence-corrected chi connectivity index (χ0v) is 13.4. The van der Waals surface area contributed by atoms with Gasteiger partial charge in [-0.05, 0) is 30.3 Å². The predicted molar refractivity (Wildman–Crippen MR) is 86.2 cm³/mol. The Balaban J connectivity index is 1.97. The van der Waals surface area contributed by atoms with Gasteiger partial charge in [-0.3, -0.25) is 9.79 Å². The summed E-state index contributed by atoms with van der Waals surface area (Å²) in [7, 11) is -3.77. The van der Waals surface area contributed by atoms with Gasteiger partial charge >= 0.3 is 0 Å². The third-order valence-electron chi connectivity index (χ3n) is 3.94. The number of amidine groups is 1. The van der Waals surface area contributed by atoms with E-state index in [0.717, 1.165) is 6.54 Å². The summed E-state index contributed by atoms with van der Waals surface area (Å²) >= 11 is 5.90. The van der Waals surface area contributed by atoms with Crippen LogP contribution in [0.1, 0.15) is 21.5 Å². The number of ketones is 1. The first-order valence-corrected chi connectivity index (χ1v) is 8.87. The summed E-state index contributed by atoms with van der Waals surface area (Å²) in [6, 6.07) is 9.01. The van der Waals surface area contributed by atoms with Crippen molar-refractivity contribution in [3.05, 3.63) is 58.1 Å². The zero-order chi connectivity index (χ0) is 16.2. The topological polar surface area (TPSA) is 75.6 Å². The van der Waals surface area contributed by atoms with Crippen LogP contribution in [0.25, 0.3) is 0 Å². The number of nitrogens with zero attached hydrogens (tertiary/aromatic N) is 1. The van der Waals surface area contributed by atoms with Gasteiger partial charge in [0, 0.05) is 28.3 Å². The van der Waals surface area contributed by atoms with E-state index < -0.39 is 9.84 Å². The fourth-order valence-corrected chi connectivity index (χ4v) is 4.68. The molecule has 0 radical (unpaired) electrons. The van der Waals surface area contributed by atoms with Gasteiger partial charge in [0.25, 0.3) is 0 Å². The largest absolute Gasteiger partial charge is 0.368 e.